The quantitative estimate of drug-likeness (QED) is 0.491. The summed E-state index contributed by atoms with van der Waals surface area (Å²) in [7, 11) is 3.29. The molecule has 3 aromatic carbocycles. The number of rotatable bonds is 4. The Kier molecular flexibility index (Phi) is 4.54. The van der Waals surface area contributed by atoms with Crippen molar-refractivity contribution in [3.63, 3.8) is 0 Å². The highest BCUT2D eigenvalue weighted by Gasteiger charge is 2.42. The monoisotopic (exact) mass is 438 g/mol. The summed E-state index contributed by atoms with van der Waals surface area (Å²) >= 11 is 0. The lowest BCUT2D eigenvalue weighted by molar-refractivity contribution is 0.216. The first kappa shape index (κ1) is 19.4. The Labute approximate surface area is 191 Å². The van der Waals surface area contributed by atoms with Crippen LogP contribution in [0.3, 0.4) is 0 Å². The van der Waals surface area contributed by atoms with Crippen LogP contribution in [0, 0.1) is 0 Å². The molecule has 4 aromatic rings. The second-order valence-electron chi connectivity index (χ2n) is 7.87. The van der Waals surface area contributed by atoms with Crippen LogP contribution >= 0.6 is 0 Å². The number of anilines is 1. The molecule has 1 N–H and O–H groups in total. The topological polar surface area (TPSA) is 70.4 Å². The molecule has 0 amide bonds. The number of methoxy groups -OCH3 is 2. The molecule has 0 unspecified atom stereocenters. The standard InChI is InChI=1S/C26H22N4O3/c1-31-20-14-8-12-18(24(20)32-2)25-21-22(17-11-6-7-13-19(17)33-25)29-26-27-15-28-30(26)23(21)16-9-4-3-5-10-16/h3-15,23,25H,1-2H3,(H,27,28,29)/t23-,25+/m0/s1. The van der Waals surface area contributed by atoms with Gasteiger partial charge in [0.25, 0.3) is 0 Å². The molecule has 0 saturated heterocycles. The zero-order valence-corrected chi connectivity index (χ0v) is 18.2. The Bertz CT molecular complexity index is 1360. The van der Waals surface area contributed by atoms with E-state index in [1.54, 1.807) is 20.5 Å². The van der Waals surface area contributed by atoms with Gasteiger partial charge in [0.2, 0.25) is 5.95 Å². The maximum atomic E-state index is 6.68. The molecule has 6 rings (SSSR count). The third-order valence-electron chi connectivity index (χ3n) is 6.15. The van der Waals surface area contributed by atoms with Crippen molar-refractivity contribution in [3.8, 4) is 17.2 Å². The van der Waals surface area contributed by atoms with Crippen molar-refractivity contribution in [2.45, 2.75) is 12.1 Å². The smallest absolute Gasteiger partial charge is 0.226 e. The molecule has 2 aliphatic rings. The van der Waals surface area contributed by atoms with Gasteiger partial charge < -0.3 is 19.5 Å². The fraction of sp³-hybridized carbons (Fsp3) is 0.154. The summed E-state index contributed by atoms with van der Waals surface area (Å²) in [4.78, 5) is 4.48. The van der Waals surface area contributed by atoms with Crippen molar-refractivity contribution in [1.82, 2.24) is 14.8 Å². The minimum absolute atomic E-state index is 0.214. The summed E-state index contributed by atoms with van der Waals surface area (Å²) in [5.74, 6) is 2.78. The van der Waals surface area contributed by atoms with Crippen LogP contribution in [-0.4, -0.2) is 29.0 Å². The van der Waals surface area contributed by atoms with Crippen molar-refractivity contribution in [3.05, 3.63) is 101 Å². The molecule has 0 saturated carbocycles. The van der Waals surface area contributed by atoms with Gasteiger partial charge in [0, 0.05) is 16.7 Å². The van der Waals surface area contributed by atoms with E-state index in [1.165, 1.54) is 0 Å². The summed E-state index contributed by atoms with van der Waals surface area (Å²) < 4.78 is 20.0. The SMILES string of the molecule is COc1cccc([C@H]2Oc3ccccc3C3=C2[C@H](c2ccccc2)n2ncnc2N3)c1OC. The van der Waals surface area contributed by atoms with Gasteiger partial charge in [-0.1, -0.05) is 54.6 Å². The summed E-state index contributed by atoms with van der Waals surface area (Å²) in [6.45, 7) is 0. The Morgan fingerprint density at radius 2 is 1.73 bits per heavy atom. The average Bonchev–Trinajstić information content (AvgIpc) is 3.35. The fourth-order valence-corrected chi connectivity index (χ4v) is 4.75. The molecule has 3 heterocycles. The fourth-order valence-electron chi connectivity index (χ4n) is 4.75. The molecule has 2 atom stereocenters. The molecular formula is C26H22N4O3. The number of para-hydroxylation sites is 2. The number of nitrogens with one attached hydrogen (secondary N) is 1. The van der Waals surface area contributed by atoms with E-state index in [2.05, 4.69) is 33.6 Å². The van der Waals surface area contributed by atoms with E-state index in [4.69, 9.17) is 14.2 Å². The molecule has 0 fully saturated rings. The number of fused-ring (bicyclic) bond motifs is 3. The van der Waals surface area contributed by atoms with Gasteiger partial charge in [-0.3, -0.25) is 0 Å². The number of hydrogen-bond acceptors (Lipinski definition) is 6. The van der Waals surface area contributed by atoms with Gasteiger partial charge in [-0.2, -0.15) is 10.1 Å². The Morgan fingerprint density at radius 1 is 0.909 bits per heavy atom. The summed E-state index contributed by atoms with van der Waals surface area (Å²) in [5.41, 5.74) is 4.96. The van der Waals surface area contributed by atoms with Gasteiger partial charge in [0.1, 0.15) is 18.1 Å². The highest BCUT2D eigenvalue weighted by molar-refractivity contribution is 5.85. The highest BCUT2D eigenvalue weighted by Crippen LogP contribution is 2.52. The van der Waals surface area contributed by atoms with Crippen LogP contribution in [0.2, 0.25) is 0 Å². The van der Waals surface area contributed by atoms with Crippen molar-refractivity contribution in [2.24, 2.45) is 0 Å². The van der Waals surface area contributed by atoms with E-state index in [9.17, 15) is 0 Å². The number of hydrogen-bond donors (Lipinski definition) is 1. The molecule has 0 aliphatic carbocycles. The van der Waals surface area contributed by atoms with E-state index >= 15 is 0 Å². The first-order chi connectivity index (χ1) is 16.3. The Hall–Kier alpha value is -4.26. The number of ether oxygens (including phenoxy) is 3. The molecule has 2 aliphatic heterocycles. The normalized spacial score (nSPS) is 18.4. The first-order valence-corrected chi connectivity index (χ1v) is 10.7. The lowest BCUT2D eigenvalue weighted by atomic mass is 9.84. The molecule has 0 bridgehead atoms. The van der Waals surface area contributed by atoms with Crippen LogP contribution in [-0.2, 0) is 0 Å². The number of nitrogens with zero attached hydrogens (tertiary/aromatic N) is 3. The van der Waals surface area contributed by atoms with E-state index in [0.717, 1.165) is 33.7 Å². The lowest BCUT2D eigenvalue weighted by Crippen LogP contribution is -2.32. The van der Waals surface area contributed by atoms with Crippen LogP contribution in [0.25, 0.3) is 5.70 Å². The number of benzene rings is 3. The van der Waals surface area contributed by atoms with Crippen LogP contribution in [0.1, 0.15) is 28.8 Å². The number of aromatic nitrogens is 3. The van der Waals surface area contributed by atoms with Crippen molar-refractivity contribution < 1.29 is 14.2 Å². The molecule has 1 aromatic heterocycles. The molecule has 164 valence electrons. The van der Waals surface area contributed by atoms with Crippen LogP contribution in [0.5, 0.6) is 17.2 Å². The Balaban J connectivity index is 1.65. The molecule has 33 heavy (non-hydrogen) atoms. The van der Waals surface area contributed by atoms with Gasteiger partial charge in [-0.25, -0.2) is 4.68 Å². The second-order valence-corrected chi connectivity index (χ2v) is 7.87. The van der Waals surface area contributed by atoms with E-state index < -0.39 is 6.10 Å². The average molecular weight is 438 g/mol. The predicted octanol–water partition coefficient (Wildman–Crippen LogP) is 4.86. The van der Waals surface area contributed by atoms with Gasteiger partial charge in [0.15, 0.2) is 17.6 Å². The molecule has 0 spiro atoms. The van der Waals surface area contributed by atoms with Crippen molar-refractivity contribution in [1.29, 1.82) is 0 Å². The van der Waals surface area contributed by atoms with E-state index in [0.29, 0.717) is 17.4 Å². The molecule has 7 nitrogen and oxygen atoms in total. The van der Waals surface area contributed by atoms with Gasteiger partial charge in [-0.15, -0.1) is 0 Å². The van der Waals surface area contributed by atoms with Crippen molar-refractivity contribution >= 4 is 11.6 Å². The minimum Gasteiger partial charge on any atom is -0.493 e. The molecule has 7 heteroatoms. The van der Waals surface area contributed by atoms with Gasteiger partial charge >= 0.3 is 0 Å². The Morgan fingerprint density at radius 3 is 2.55 bits per heavy atom. The highest BCUT2D eigenvalue weighted by atomic mass is 16.5. The van der Waals surface area contributed by atoms with E-state index in [1.807, 2.05) is 59.3 Å². The lowest BCUT2D eigenvalue weighted by Gasteiger charge is -2.39. The first-order valence-electron chi connectivity index (χ1n) is 10.7. The van der Waals surface area contributed by atoms with Crippen LogP contribution in [0.15, 0.2) is 84.7 Å². The maximum Gasteiger partial charge on any atom is 0.226 e. The summed E-state index contributed by atoms with van der Waals surface area (Å²) in [6.07, 6.45) is 1.14. The molecule has 0 radical (unpaired) electrons. The van der Waals surface area contributed by atoms with Crippen molar-refractivity contribution in [2.75, 3.05) is 19.5 Å². The van der Waals surface area contributed by atoms with Crippen LogP contribution < -0.4 is 19.5 Å². The van der Waals surface area contributed by atoms with Gasteiger partial charge in [0.05, 0.1) is 19.9 Å². The third-order valence-corrected chi connectivity index (χ3v) is 6.15. The zero-order valence-electron chi connectivity index (χ0n) is 18.2. The second kappa shape index (κ2) is 7.70. The summed E-state index contributed by atoms with van der Waals surface area (Å²) in [6, 6.07) is 24.0. The maximum absolute atomic E-state index is 6.68. The van der Waals surface area contributed by atoms with Gasteiger partial charge in [-0.05, 0) is 23.8 Å². The zero-order chi connectivity index (χ0) is 22.4. The van der Waals surface area contributed by atoms with E-state index in [-0.39, 0.29) is 6.04 Å². The third kappa shape index (κ3) is 2.96. The molecular weight excluding hydrogens is 416 g/mol. The predicted molar refractivity (Wildman–Crippen MR) is 125 cm³/mol. The summed E-state index contributed by atoms with van der Waals surface area (Å²) in [5, 5.41) is 8.08. The largest absolute Gasteiger partial charge is 0.493 e. The van der Waals surface area contributed by atoms with Crippen LogP contribution in [0.4, 0.5) is 5.95 Å². The minimum atomic E-state index is -0.435.